The molecule has 0 bridgehead atoms. The summed E-state index contributed by atoms with van der Waals surface area (Å²) in [7, 11) is 2.06. The predicted octanol–water partition coefficient (Wildman–Crippen LogP) is 1.19. The third kappa shape index (κ3) is 0.924. The fourth-order valence-electron chi connectivity index (χ4n) is 1.85. The molecule has 0 saturated carbocycles. The monoisotopic (exact) mass is 165 g/mol. The van der Waals surface area contributed by atoms with Crippen molar-refractivity contribution < 1.29 is 0 Å². The SMILES string of the molecule is CC(C)N1CCc2ncn(C)c21. The van der Waals surface area contributed by atoms with Gasteiger partial charge >= 0.3 is 0 Å². The lowest BCUT2D eigenvalue weighted by Crippen LogP contribution is -2.30. The van der Waals surface area contributed by atoms with Gasteiger partial charge in [-0.3, -0.25) is 0 Å². The van der Waals surface area contributed by atoms with Gasteiger partial charge in [-0.25, -0.2) is 4.98 Å². The van der Waals surface area contributed by atoms with Crippen molar-refractivity contribution in [2.45, 2.75) is 26.3 Å². The van der Waals surface area contributed by atoms with Crippen LogP contribution in [0.2, 0.25) is 0 Å². The zero-order chi connectivity index (χ0) is 8.72. The zero-order valence-electron chi connectivity index (χ0n) is 7.91. The molecule has 0 atom stereocenters. The highest BCUT2D eigenvalue weighted by atomic mass is 15.3. The number of anilines is 1. The van der Waals surface area contributed by atoms with E-state index in [-0.39, 0.29) is 0 Å². The van der Waals surface area contributed by atoms with Crippen LogP contribution < -0.4 is 4.90 Å². The number of imidazole rings is 1. The Labute approximate surface area is 73.0 Å². The largest absolute Gasteiger partial charge is 0.354 e. The third-order valence-electron chi connectivity index (χ3n) is 2.46. The fraction of sp³-hybridized carbons (Fsp3) is 0.667. The second-order valence-electron chi connectivity index (χ2n) is 3.66. The second-order valence-corrected chi connectivity index (χ2v) is 3.66. The fourth-order valence-corrected chi connectivity index (χ4v) is 1.85. The van der Waals surface area contributed by atoms with Crippen LogP contribution >= 0.6 is 0 Å². The molecule has 0 amide bonds. The molecular formula is C9H15N3. The molecule has 0 fully saturated rings. The first kappa shape index (κ1) is 7.65. The summed E-state index contributed by atoms with van der Waals surface area (Å²) in [4.78, 5) is 6.76. The minimum atomic E-state index is 0.585. The number of hydrogen-bond acceptors (Lipinski definition) is 2. The van der Waals surface area contributed by atoms with Crippen LogP contribution in [-0.4, -0.2) is 22.1 Å². The standard InChI is InChI=1S/C9H15N3/c1-7(2)12-5-4-8-9(12)11(3)6-10-8/h6-7H,4-5H2,1-3H3. The Morgan fingerprint density at radius 1 is 1.50 bits per heavy atom. The molecule has 0 radical (unpaired) electrons. The molecular weight excluding hydrogens is 150 g/mol. The lowest BCUT2D eigenvalue weighted by molar-refractivity contribution is 0.681. The Hall–Kier alpha value is -0.990. The van der Waals surface area contributed by atoms with Gasteiger partial charge in [0.1, 0.15) is 5.82 Å². The second kappa shape index (κ2) is 2.51. The predicted molar refractivity (Wildman–Crippen MR) is 49.4 cm³/mol. The Morgan fingerprint density at radius 2 is 2.25 bits per heavy atom. The molecule has 0 saturated heterocycles. The van der Waals surface area contributed by atoms with Gasteiger partial charge in [0.05, 0.1) is 12.0 Å². The molecule has 66 valence electrons. The van der Waals surface area contributed by atoms with Crippen LogP contribution in [0.25, 0.3) is 0 Å². The number of fused-ring (bicyclic) bond motifs is 1. The topological polar surface area (TPSA) is 21.1 Å². The summed E-state index contributed by atoms with van der Waals surface area (Å²) in [5.41, 5.74) is 1.26. The van der Waals surface area contributed by atoms with Crippen LogP contribution in [-0.2, 0) is 13.5 Å². The smallest absolute Gasteiger partial charge is 0.131 e. The molecule has 1 aromatic heterocycles. The minimum Gasteiger partial charge on any atom is -0.354 e. The van der Waals surface area contributed by atoms with E-state index in [4.69, 9.17) is 0 Å². The van der Waals surface area contributed by atoms with Crippen molar-refractivity contribution >= 4 is 5.82 Å². The molecule has 1 aliphatic heterocycles. The maximum Gasteiger partial charge on any atom is 0.131 e. The van der Waals surface area contributed by atoms with Crippen LogP contribution in [0.5, 0.6) is 0 Å². The van der Waals surface area contributed by atoms with Crippen LogP contribution in [0.4, 0.5) is 5.82 Å². The van der Waals surface area contributed by atoms with Crippen LogP contribution in [0, 0.1) is 0 Å². The molecule has 12 heavy (non-hydrogen) atoms. The highest BCUT2D eigenvalue weighted by molar-refractivity contribution is 5.50. The molecule has 0 N–H and O–H groups in total. The van der Waals surface area contributed by atoms with Gasteiger partial charge < -0.3 is 9.47 Å². The number of nitrogens with zero attached hydrogens (tertiary/aromatic N) is 3. The van der Waals surface area contributed by atoms with Gasteiger partial charge in [-0.15, -0.1) is 0 Å². The first-order valence-corrected chi connectivity index (χ1v) is 4.47. The third-order valence-corrected chi connectivity index (χ3v) is 2.46. The number of aromatic nitrogens is 2. The number of aryl methyl sites for hydroxylation is 1. The Balaban J connectivity index is 2.39. The van der Waals surface area contributed by atoms with Crippen molar-refractivity contribution in [1.82, 2.24) is 9.55 Å². The summed E-state index contributed by atoms with van der Waals surface area (Å²) in [6.45, 7) is 5.58. The van der Waals surface area contributed by atoms with Gasteiger partial charge in [-0.1, -0.05) is 0 Å². The van der Waals surface area contributed by atoms with E-state index in [1.807, 2.05) is 6.33 Å². The summed E-state index contributed by atoms with van der Waals surface area (Å²) in [6, 6.07) is 0.585. The van der Waals surface area contributed by atoms with Crippen molar-refractivity contribution in [3.8, 4) is 0 Å². The van der Waals surface area contributed by atoms with Gasteiger partial charge in [-0.05, 0) is 13.8 Å². The summed E-state index contributed by atoms with van der Waals surface area (Å²) < 4.78 is 2.11. The number of hydrogen-bond donors (Lipinski definition) is 0. The van der Waals surface area contributed by atoms with E-state index in [1.165, 1.54) is 11.5 Å². The normalized spacial score (nSPS) is 15.8. The van der Waals surface area contributed by atoms with Gasteiger partial charge in [0.15, 0.2) is 0 Å². The molecule has 2 heterocycles. The van der Waals surface area contributed by atoms with Gasteiger partial charge in [-0.2, -0.15) is 0 Å². The van der Waals surface area contributed by atoms with E-state index >= 15 is 0 Å². The Bertz CT molecular complexity index is 288. The first-order chi connectivity index (χ1) is 5.70. The van der Waals surface area contributed by atoms with E-state index in [0.29, 0.717) is 6.04 Å². The molecule has 0 spiro atoms. The molecule has 2 rings (SSSR count). The van der Waals surface area contributed by atoms with Gasteiger partial charge in [0.2, 0.25) is 0 Å². The van der Waals surface area contributed by atoms with Crippen molar-refractivity contribution in [1.29, 1.82) is 0 Å². The van der Waals surface area contributed by atoms with Crippen molar-refractivity contribution in [2.75, 3.05) is 11.4 Å². The average Bonchev–Trinajstić information content (AvgIpc) is 2.53. The lowest BCUT2D eigenvalue weighted by Gasteiger charge is -2.23. The summed E-state index contributed by atoms with van der Waals surface area (Å²) in [6.07, 6.45) is 3.01. The van der Waals surface area contributed by atoms with Gasteiger partial charge in [0.25, 0.3) is 0 Å². The summed E-state index contributed by atoms with van der Waals surface area (Å²) >= 11 is 0. The Kier molecular flexibility index (Phi) is 1.60. The van der Waals surface area contributed by atoms with Crippen molar-refractivity contribution in [3.05, 3.63) is 12.0 Å². The summed E-state index contributed by atoms with van der Waals surface area (Å²) in [5, 5.41) is 0. The molecule has 3 nitrogen and oxygen atoms in total. The van der Waals surface area contributed by atoms with Gasteiger partial charge in [0, 0.05) is 26.1 Å². The summed E-state index contributed by atoms with van der Waals surface area (Å²) in [5.74, 6) is 1.31. The van der Waals surface area contributed by atoms with Crippen LogP contribution in [0.1, 0.15) is 19.5 Å². The zero-order valence-corrected chi connectivity index (χ0v) is 7.91. The number of rotatable bonds is 1. The quantitative estimate of drug-likeness (QED) is 0.623. The molecule has 1 aliphatic rings. The van der Waals surface area contributed by atoms with Crippen LogP contribution in [0.15, 0.2) is 6.33 Å². The molecule has 1 aromatic rings. The van der Waals surface area contributed by atoms with E-state index in [1.54, 1.807) is 0 Å². The first-order valence-electron chi connectivity index (χ1n) is 4.47. The Morgan fingerprint density at radius 3 is 2.92 bits per heavy atom. The molecule has 3 heteroatoms. The van der Waals surface area contributed by atoms with E-state index < -0.39 is 0 Å². The van der Waals surface area contributed by atoms with E-state index in [0.717, 1.165) is 13.0 Å². The highest BCUT2D eigenvalue weighted by Crippen LogP contribution is 2.27. The average molecular weight is 165 g/mol. The maximum absolute atomic E-state index is 4.35. The van der Waals surface area contributed by atoms with Crippen molar-refractivity contribution in [3.63, 3.8) is 0 Å². The molecule has 0 aromatic carbocycles. The van der Waals surface area contributed by atoms with E-state index in [2.05, 4.69) is 35.3 Å². The highest BCUT2D eigenvalue weighted by Gasteiger charge is 2.24. The van der Waals surface area contributed by atoms with Crippen LogP contribution in [0.3, 0.4) is 0 Å². The van der Waals surface area contributed by atoms with Crippen molar-refractivity contribution in [2.24, 2.45) is 7.05 Å². The lowest BCUT2D eigenvalue weighted by atomic mass is 10.3. The van der Waals surface area contributed by atoms with E-state index in [9.17, 15) is 0 Å². The molecule has 0 aliphatic carbocycles. The molecule has 0 unspecified atom stereocenters. The maximum atomic E-state index is 4.35. The minimum absolute atomic E-state index is 0.585.